The van der Waals surface area contributed by atoms with Gasteiger partial charge in [-0.2, -0.15) is 0 Å². The van der Waals surface area contributed by atoms with Gasteiger partial charge in [0.25, 0.3) is 0 Å². The molecule has 222 valence electrons. The van der Waals surface area contributed by atoms with Crippen LogP contribution >= 0.6 is 8.25 Å². The number of halogens is 15. The fraction of sp³-hybridized carbons (Fsp3) is 1.00. The van der Waals surface area contributed by atoms with E-state index in [0.29, 0.717) is 0 Å². The van der Waals surface area contributed by atoms with Crippen molar-refractivity contribution in [2.24, 2.45) is 0 Å². The van der Waals surface area contributed by atoms with Crippen molar-refractivity contribution in [2.75, 3.05) is 0 Å². The molecule has 0 amide bonds. The van der Waals surface area contributed by atoms with Crippen LogP contribution in [0.25, 0.3) is 0 Å². The van der Waals surface area contributed by atoms with Crippen LogP contribution in [0.5, 0.6) is 0 Å². The maximum Gasteiger partial charge on any atom is 0.692 e. The molecule has 0 bridgehead atoms. The average Bonchev–Trinajstić information content (AvgIpc) is 2.85. The molecule has 2 N–H and O–H groups in total. The van der Waals surface area contributed by atoms with Gasteiger partial charge in [-0.3, -0.25) is 0 Å². The lowest BCUT2D eigenvalue weighted by atomic mass is 9.92. The first-order valence-electron chi connectivity index (χ1n) is 10.3. The van der Waals surface area contributed by atoms with Crippen molar-refractivity contribution in [1.82, 2.24) is 0 Å². The van der Waals surface area contributed by atoms with Crippen molar-refractivity contribution in [3.05, 3.63) is 0 Å². The molecule has 19 heteroatoms. The first-order valence-corrected chi connectivity index (χ1v) is 11.5. The summed E-state index contributed by atoms with van der Waals surface area (Å²) in [6.07, 6.45) is -61.0. The molecule has 0 aromatic rings. The Bertz CT molecular complexity index is 668. The highest BCUT2D eigenvalue weighted by Crippen LogP contribution is 2.33. The minimum absolute atomic E-state index is 1.20. The van der Waals surface area contributed by atoms with Gasteiger partial charge in [0, 0.05) is 11.0 Å². The van der Waals surface area contributed by atoms with Gasteiger partial charge in [-0.25, -0.2) is 65.9 Å². The van der Waals surface area contributed by atoms with Crippen LogP contribution in [0, 0.1) is 0 Å². The number of rotatable bonds is 0. The van der Waals surface area contributed by atoms with E-state index in [-0.39, 0.29) is 0 Å². The van der Waals surface area contributed by atoms with Crippen molar-refractivity contribution < 1.29 is 80.2 Å². The zero-order chi connectivity index (χ0) is 29.4. The van der Waals surface area contributed by atoms with Crippen LogP contribution in [-0.4, -0.2) is 102 Å². The zero-order valence-electron chi connectivity index (χ0n) is 18.2. The lowest BCUT2D eigenvalue weighted by molar-refractivity contribution is -0.0780. The van der Waals surface area contributed by atoms with Crippen LogP contribution in [0.2, 0.25) is 0 Å². The van der Waals surface area contributed by atoms with E-state index in [0.717, 1.165) is 0 Å². The predicted molar refractivity (Wildman–Crippen MR) is 99.3 cm³/mol. The summed E-state index contributed by atoms with van der Waals surface area (Å²) in [5.41, 5.74) is 0. The second kappa shape index (κ2) is 16.2. The Balaban J connectivity index is 0.00000300. The fourth-order valence-corrected chi connectivity index (χ4v) is 3.15. The van der Waals surface area contributed by atoms with E-state index >= 15 is 0 Å². The van der Waals surface area contributed by atoms with Crippen molar-refractivity contribution in [3.63, 3.8) is 0 Å². The Morgan fingerprint density at radius 1 is 0.405 bits per heavy atom. The van der Waals surface area contributed by atoms with E-state index in [2.05, 4.69) is 0 Å². The van der Waals surface area contributed by atoms with Gasteiger partial charge < -0.3 is 0 Å². The third-order valence-corrected chi connectivity index (χ3v) is 5.27. The topological polar surface area (TPSA) is 57.5 Å². The lowest BCUT2D eigenvalue weighted by Gasteiger charge is -2.29. The maximum absolute atomic E-state index is 13.7. The molecule has 0 saturated heterocycles. The lowest BCUT2D eigenvalue weighted by Crippen LogP contribution is -2.51. The first-order chi connectivity index (χ1) is 16.9. The number of alkyl halides is 15. The van der Waals surface area contributed by atoms with Gasteiger partial charge in [0.15, 0.2) is 74.1 Å². The minimum Gasteiger partial charge on any atom is -0.247 e. The van der Waals surface area contributed by atoms with Gasteiger partial charge >= 0.3 is 8.25 Å². The molecule has 0 spiro atoms. The van der Waals surface area contributed by atoms with Crippen LogP contribution in [0.15, 0.2) is 0 Å². The molecule has 0 aromatic carbocycles. The van der Waals surface area contributed by atoms with Crippen molar-refractivity contribution >= 4 is 8.25 Å². The summed E-state index contributed by atoms with van der Waals surface area (Å²) in [7, 11) is -2.87. The summed E-state index contributed by atoms with van der Waals surface area (Å²) in [6.45, 7) is 0. The molecule has 1 saturated carbocycles. The molecular formula is C18H23F15O3P+. The molecule has 3 nitrogen and oxygen atoms in total. The van der Waals surface area contributed by atoms with E-state index in [4.69, 9.17) is 14.4 Å². The van der Waals surface area contributed by atoms with Gasteiger partial charge in [0.2, 0.25) is 0 Å². The van der Waals surface area contributed by atoms with E-state index in [1.54, 1.807) is 0 Å². The van der Waals surface area contributed by atoms with Gasteiger partial charge in [0.1, 0.15) is 18.5 Å². The van der Waals surface area contributed by atoms with E-state index in [9.17, 15) is 65.9 Å². The molecule has 0 aliphatic heterocycles. The molecule has 1 fully saturated rings. The van der Waals surface area contributed by atoms with Crippen molar-refractivity contribution in [1.29, 1.82) is 0 Å². The molecule has 1 rings (SSSR count). The summed E-state index contributed by atoms with van der Waals surface area (Å²) in [5.74, 6) is 0. The minimum atomic E-state index is -4.19. The molecule has 1 aliphatic rings. The second-order valence-electron chi connectivity index (χ2n) is 8.03. The van der Waals surface area contributed by atoms with Crippen LogP contribution < -0.4 is 0 Å². The van der Waals surface area contributed by atoms with Crippen LogP contribution in [-0.2, 0) is 4.57 Å². The van der Waals surface area contributed by atoms with E-state index in [1.807, 2.05) is 0 Å². The average molecular weight is 603 g/mol. The highest BCUT2D eigenvalue weighted by molar-refractivity contribution is 7.30. The van der Waals surface area contributed by atoms with Gasteiger partial charge in [-0.1, -0.05) is 0 Å². The summed E-state index contributed by atoms with van der Waals surface area (Å²) >= 11 is 0. The van der Waals surface area contributed by atoms with Crippen molar-refractivity contribution in [2.45, 2.75) is 112 Å². The predicted octanol–water partition coefficient (Wildman–Crippen LogP) is 5.87. The van der Waals surface area contributed by atoms with Crippen LogP contribution in [0.3, 0.4) is 0 Å². The quantitative estimate of drug-likeness (QED) is 0.269. The first kappa shape index (κ1) is 36.0. The van der Waals surface area contributed by atoms with Gasteiger partial charge in [-0.15, -0.1) is 9.79 Å². The second-order valence-corrected chi connectivity index (χ2v) is 8.53. The summed E-state index contributed by atoms with van der Waals surface area (Å²) < 4.78 is 214. The molecule has 1 aliphatic carbocycles. The van der Waals surface area contributed by atoms with Gasteiger partial charge in [-0.05, 0) is 12.8 Å². The Hall–Kier alpha value is -1.03. The zero-order valence-corrected chi connectivity index (χ0v) is 19.1. The monoisotopic (exact) mass is 603 g/mol. The fourth-order valence-electron chi connectivity index (χ4n) is 3.15. The van der Waals surface area contributed by atoms with E-state index < -0.39 is 120 Å². The van der Waals surface area contributed by atoms with Gasteiger partial charge in [0.05, 0.1) is 0 Å². The molecule has 0 radical (unpaired) electrons. The molecular weight excluding hydrogens is 580 g/mol. The third-order valence-electron chi connectivity index (χ3n) is 5.27. The largest absolute Gasteiger partial charge is 0.692 e. The summed E-state index contributed by atoms with van der Waals surface area (Å²) in [5, 5.41) is 0. The smallest absolute Gasteiger partial charge is 0.247 e. The highest BCUT2D eigenvalue weighted by Gasteiger charge is 2.52. The summed E-state index contributed by atoms with van der Waals surface area (Å²) in [4.78, 5) is 14.2. The standard InChI is InChI=1S/C18H21F15.HO3P/c19-4-1-2-5(20)7(22)9(24)11(26)13(28)15(30)17(32)18(33)16(31)14(29)12(27)10(25)8(23)6(21)3-4;1-4(2)3/h4-18H,1-3H2;(H-,1,2,3)/p+1. The summed E-state index contributed by atoms with van der Waals surface area (Å²) in [6, 6.07) is 0. The number of hydrogen-bond donors (Lipinski definition) is 2. The Labute approximate surface area is 201 Å². The van der Waals surface area contributed by atoms with Crippen LogP contribution in [0.4, 0.5) is 65.9 Å². The molecule has 37 heavy (non-hydrogen) atoms. The normalized spacial score (nSPS) is 47.6. The van der Waals surface area contributed by atoms with Crippen molar-refractivity contribution in [3.8, 4) is 0 Å². The molecule has 0 heterocycles. The molecule has 0 aromatic heterocycles. The molecule has 15 atom stereocenters. The van der Waals surface area contributed by atoms with Crippen LogP contribution in [0.1, 0.15) is 19.3 Å². The Morgan fingerprint density at radius 2 is 0.622 bits per heavy atom. The highest BCUT2D eigenvalue weighted by atomic mass is 31.1. The molecule has 15 unspecified atom stereocenters. The Morgan fingerprint density at radius 3 is 0.892 bits per heavy atom. The number of hydrogen-bond acceptors (Lipinski definition) is 1. The third kappa shape index (κ3) is 10.6. The van der Waals surface area contributed by atoms with E-state index in [1.165, 1.54) is 0 Å². The maximum atomic E-state index is 13.7. The SMILES string of the molecule is FC1CCC(F)C(F)C(F)C(F)C(F)C(F)C(F)C(F)C(F)C(F)C(F)C(F)C(F)C(F)C1.O=[P+](O)O. The Kier molecular flexibility index (Phi) is 15.7.